The van der Waals surface area contributed by atoms with Gasteiger partial charge in [0.2, 0.25) is 0 Å². The van der Waals surface area contributed by atoms with Gasteiger partial charge in [0, 0.05) is 11.3 Å². The average Bonchev–Trinajstić information content (AvgIpc) is 2.55. The SMILES string of the molecule is CCC1(C)CSC(=NC2CCC2C)N1. The minimum absolute atomic E-state index is 0.288. The van der Waals surface area contributed by atoms with Crippen molar-refractivity contribution >= 4 is 16.9 Å². The second-order valence-corrected chi connectivity index (χ2v) is 5.85. The van der Waals surface area contributed by atoms with Crippen LogP contribution < -0.4 is 5.32 Å². The standard InChI is InChI=1S/C11H20N2S/c1-4-11(3)7-14-10(13-11)12-9-6-5-8(9)2/h8-9H,4-7H2,1-3H3,(H,12,13). The van der Waals surface area contributed by atoms with Crippen molar-refractivity contribution in [2.75, 3.05) is 5.75 Å². The zero-order valence-corrected chi connectivity index (χ0v) is 10.2. The Morgan fingerprint density at radius 1 is 1.57 bits per heavy atom. The van der Waals surface area contributed by atoms with Crippen molar-refractivity contribution in [1.82, 2.24) is 5.32 Å². The van der Waals surface area contributed by atoms with Crippen LogP contribution in [-0.2, 0) is 0 Å². The van der Waals surface area contributed by atoms with Crippen LogP contribution in [0, 0.1) is 5.92 Å². The molecule has 1 aliphatic heterocycles. The van der Waals surface area contributed by atoms with E-state index in [2.05, 4.69) is 26.1 Å². The van der Waals surface area contributed by atoms with Crippen molar-refractivity contribution in [1.29, 1.82) is 0 Å². The topological polar surface area (TPSA) is 24.4 Å². The van der Waals surface area contributed by atoms with Gasteiger partial charge in [0.25, 0.3) is 0 Å². The fraction of sp³-hybridized carbons (Fsp3) is 0.909. The van der Waals surface area contributed by atoms with Crippen LogP contribution in [0.25, 0.3) is 0 Å². The van der Waals surface area contributed by atoms with Crippen LogP contribution in [-0.4, -0.2) is 22.5 Å². The van der Waals surface area contributed by atoms with Gasteiger partial charge in [-0.25, -0.2) is 0 Å². The van der Waals surface area contributed by atoms with E-state index in [9.17, 15) is 0 Å². The van der Waals surface area contributed by atoms with Gasteiger partial charge in [-0.15, -0.1) is 0 Å². The van der Waals surface area contributed by atoms with E-state index in [4.69, 9.17) is 4.99 Å². The number of hydrogen-bond acceptors (Lipinski definition) is 2. The highest BCUT2D eigenvalue weighted by Crippen LogP contribution is 2.32. The van der Waals surface area contributed by atoms with Gasteiger partial charge >= 0.3 is 0 Å². The molecule has 1 N–H and O–H groups in total. The Balaban J connectivity index is 1.94. The third-order valence-corrected chi connectivity index (χ3v) is 4.84. The predicted molar refractivity (Wildman–Crippen MR) is 63.9 cm³/mol. The van der Waals surface area contributed by atoms with E-state index in [-0.39, 0.29) is 5.54 Å². The molecule has 3 atom stereocenters. The third kappa shape index (κ3) is 1.92. The summed E-state index contributed by atoms with van der Waals surface area (Å²) >= 11 is 1.89. The number of nitrogens with zero attached hydrogens (tertiary/aromatic N) is 1. The summed E-state index contributed by atoms with van der Waals surface area (Å²) in [5.74, 6) is 1.97. The Morgan fingerprint density at radius 2 is 2.36 bits per heavy atom. The molecule has 0 amide bonds. The molecule has 2 nitrogen and oxygen atoms in total. The molecule has 0 radical (unpaired) electrons. The summed E-state index contributed by atoms with van der Waals surface area (Å²) in [7, 11) is 0. The second-order valence-electron chi connectivity index (χ2n) is 4.88. The predicted octanol–water partition coefficient (Wildman–Crippen LogP) is 2.65. The molecule has 1 saturated heterocycles. The van der Waals surface area contributed by atoms with Crippen LogP contribution in [0.3, 0.4) is 0 Å². The molecular weight excluding hydrogens is 192 g/mol. The van der Waals surface area contributed by atoms with E-state index in [0.29, 0.717) is 6.04 Å². The van der Waals surface area contributed by atoms with Gasteiger partial charge in [-0.1, -0.05) is 25.6 Å². The minimum Gasteiger partial charge on any atom is -0.359 e. The summed E-state index contributed by atoms with van der Waals surface area (Å²) < 4.78 is 0. The molecule has 0 aromatic rings. The minimum atomic E-state index is 0.288. The number of thioether (sulfide) groups is 1. The molecular formula is C11H20N2S. The number of aliphatic imine (C=N–C) groups is 1. The molecule has 1 aliphatic carbocycles. The van der Waals surface area contributed by atoms with E-state index in [1.165, 1.54) is 30.2 Å². The molecule has 2 aliphatic rings. The van der Waals surface area contributed by atoms with Crippen LogP contribution in [0.1, 0.15) is 40.0 Å². The third-order valence-electron chi connectivity index (χ3n) is 3.57. The first-order valence-electron chi connectivity index (χ1n) is 5.62. The molecule has 3 heteroatoms. The summed E-state index contributed by atoms with van der Waals surface area (Å²) in [6.45, 7) is 6.83. The van der Waals surface area contributed by atoms with Gasteiger partial charge in [0.15, 0.2) is 5.17 Å². The molecule has 3 unspecified atom stereocenters. The van der Waals surface area contributed by atoms with Gasteiger partial charge in [0.1, 0.15) is 0 Å². The largest absolute Gasteiger partial charge is 0.359 e. The molecule has 0 aromatic heterocycles. The van der Waals surface area contributed by atoms with E-state index in [1.807, 2.05) is 11.8 Å². The molecule has 80 valence electrons. The molecule has 2 fully saturated rings. The Hall–Kier alpha value is -0.180. The maximum Gasteiger partial charge on any atom is 0.157 e. The molecule has 0 spiro atoms. The van der Waals surface area contributed by atoms with E-state index in [1.54, 1.807) is 0 Å². The van der Waals surface area contributed by atoms with E-state index >= 15 is 0 Å². The lowest BCUT2D eigenvalue weighted by Gasteiger charge is -2.30. The van der Waals surface area contributed by atoms with Gasteiger partial charge in [-0.05, 0) is 32.1 Å². The maximum absolute atomic E-state index is 4.77. The first kappa shape index (κ1) is 10.3. The normalized spacial score (nSPS) is 44.9. The molecule has 1 saturated carbocycles. The van der Waals surface area contributed by atoms with Crippen molar-refractivity contribution in [2.45, 2.75) is 51.6 Å². The van der Waals surface area contributed by atoms with Crippen molar-refractivity contribution in [3.05, 3.63) is 0 Å². The van der Waals surface area contributed by atoms with Crippen molar-refractivity contribution < 1.29 is 0 Å². The van der Waals surface area contributed by atoms with Gasteiger partial charge in [0.05, 0.1) is 6.04 Å². The fourth-order valence-corrected chi connectivity index (χ4v) is 3.07. The lowest BCUT2D eigenvalue weighted by Crippen LogP contribution is -2.40. The Labute approximate surface area is 90.9 Å². The zero-order valence-electron chi connectivity index (χ0n) is 9.34. The lowest BCUT2D eigenvalue weighted by molar-refractivity contribution is 0.284. The maximum atomic E-state index is 4.77. The number of rotatable bonds is 2. The van der Waals surface area contributed by atoms with Gasteiger partial charge < -0.3 is 5.32 Å². The van der Waals surface area contributed by atoms with Crippen LogP contribution in [0.5, 0.6) is 0 Å². The Bertz CT molecular complexity index is 252. The highest BCUT2D eigenvalue weighted by molar-refractivity contribution is 8.14. The van der Waals surface area contributed by atoms with Crippen LogP contribution in [0.4, 0.5) is 0 Å². The summed E-state index contributed by atoms with van der Waals surface area (Å²) in [5.41, 5.74) is 0.288. The number of amidine groups is 1. The van der Waals surface area contributed by atoms with Crippen LogP contribution in [0.15, 0.2) is 4.99 Å². The van der Waals surface area contributed by atoms with Crippen molar-refractivity contribution in [3.8, 4) is 0 Å². The molecule has 14 heavy (non-hydrogen) atoms. The average molecular weight is 212 g/mol. The quantitative estimate of drug-likeness (QED) is 0.761. The Morgan fingerprint density at radius 3 is 2.79 bits per heavy atom. The lowest BCUT2D eigenvalue weighted by atomic mass is 9.82. The number of hydrogen-bond donors (Lipinski definition) is 1. The van der Waals surface area contributed by atoms with E-state index < -0.39 is 0 Å². The first-order chi connectivity index (χ1) is 6.63. The van der Waals surface area contributed by atoms with Crippen molar-refractivity contribution in [3.63, 3.8) is 0 Å². The smallest absolute Gasteiger partial charge is 0.157 e. The Kier molecular flexibility index (Phi) is 2.78. The first-order valence-corrected chi connectivity index (χ1v) is 6.60. The van der Waals surface area contributed by atoms with Crippen molar-refractivity contribution in [2.24, 2.45) is 10.9 Å². The summed E-state index contributed by atoms with van der Waals surface area (Å²) in [6.07, 6.45) is 3.83. The van der Waals surface area contributed by atoms with Crippen LogP contribution in [0.2, 0.25) is 0 Å². The van der Waals surface area contributed by atoms with Gasteiger partial charge in [-0.2, -0.15) is 0 Å². The molecule has 0 aromatic carbocycles. The zero-order chi connectivity index (χ0) is 10.2. The monoisotopic (exact) mass is 212 g/mol. The molecule has 1 heterocycles. The van der Waals surface area contributed by atoms with Gasteiger partial charge in [-0.3, -0.25) is 4.99 Å². The number of nitrogens with one attached hydrogen (secondary N) is 1. The van der Waals surface area contributed by atoms with Crippen LogP contribution >= 0.6 is 11.8 Å². The summed E-state index contributed by atoms with van der Waals surface area (Å²) in [4.78, 5) is 4.77. The summed E-state index contributed by atoms with van der Waals surface area (Å²) in [5, 5.41) is 4.74. The summed E-state index contributed by atoms with van der Waals surface area (Å²) in [6, 6.07) is 0.601. The molecule has 0 bridgehead atoms. The highest BCUT2D eigenvalue weighted by Gasteiger charge is 2.33. The fourth-order valence-electron chi connectivity index (χ4n) is 1.81. The van der Waals surface area contributed by atoms with E-state index in [0.717, 1.165) is 5.92 Å². The molecule has 2 rings (SSSR count). The second kappa shape index (κ2) is 3.76. The highest BCUT2D eigenvalue weighted by atomic mass is 32.2.